The lowest BCUT2D eigenvalue weighted by Crippen LogP contribution is -2.38. The number of rotatable bonds is 6. The third kappa shape index (κ3) is 3.76. The Morgan fingerprint density at radius 1 is 1.38 bits per heavy atom. The van der Waals surface area contributed by atoms with E-state index in [2.05, 4.69) is 25.8 Å². The summed E-state index contributed by atoms with van der Waals surface area (Å²) in [5.74, 6) is 1.50. The number of benzene rings is 1. The molecule has 3 aromatic rings. The molecule has 0 saturated carbocycles. The lowest BCUT2D eigenvalue weighted by molar-refractivity contribution is -0.117. The Morgan fingerprint density at radius 2 is 2.19 bits per heavy atom. The van der Waals surface area contributed by atoms with Crippen molar-refractivity contribution in [1.82, 2.24) is 24.9 Å². The van der Waals surface area contributed by atoms with Crippen LogP contribution in [-0.4, -0.2) is 38.6 Å². The predicted molar refractivity (Wildman–Crippen MR) is 98.5 cm³/mol. The predicted octanol–water partition coefficient (Wildman–Crippen LogP) is 2.21. The second-order valence-electron chi connectivity index (χ2n) is 5.80. The molecule has 9 heteroatoms. The van der Waals surface area contributed by atoms with E-state index in [4.69, 9.17) is 16.3 Å². The quantitative estimate of drug-likeness (QED) is 0.687. The summed E-state index contributed by atoms with van der Waals surface area (Å²) in [6, 6.07) is 4.80. The van der Waals surface area contributed by atoms with Crippen LogP contribution < -0.4 is 15.4 Å². The number of fused-ring (bicyclic) bond motifs is 1. The first-order valence-corrected chi connectivity index (χ1v) is 8.40. The van der Waals surface area contributed by atoms with Crippen molar-refractivity contribution in [2.24, 2.45) is 0 Å². The molecule has 1 amide bonds. The zero-order valence-corrected chi connectivity index (χ0v) is 15.4. The van der Waals surface area contributed by atoms with Gasteiger partial charge in [0.25, 0.3) is 5.78 Å². The second kappa shape index (κ2) is 7.67. The maximum absolute atomic E-state index is 12.5. The van der Waals surface area contributed by atoms with Gasteiger partial charge >= 0.3 is 0 Å². The van der Waals surface area contributed by atoms with Gasteiger partial charge in [0.2, 0.25) is 5.91 Å². The van der Waals surface area contributed by atoms with Crippen molar-refractivity contribution in [3.8, 4) is 5.75 Å². The van der Waals surface area contributed by atoms with Crippen molar-refractivity contribution >= 4 is 29.0 Å². The highest BCUT2D eigenvalue weighted by Crippen LogP contribution is 2.30. The molecular weight excluding hydrogens is 356 g/mol. The normalized spacial score (nSPS) is 12.2. The zero-order chi connectivity index (χ0) is 18.7. The second-order valence-corrected chi connectivity index (χ2v) is 6.21. The maximum atomic E-state index is 12.5. The van der Waals surface area contributed by atoms with Crippen LogP contribution in [0.1, 0.15) is 18.3 Å². The number of nitrogens with one attached hydrogen (secondary N) is 2. The van der Waals surface area contributed by atoms with E-state index in [0.717, 1.165) is 5.56 Å². The summed E-state index contributed by atoms with van der Waals surface area (Å²) in [5.41, 5.74) is 1.43. The molecule has 1 unspecified atom stereocenters. The van der Waals surface area contributed by atoms with E-state index in [-0.39, 0.29) is 5.91 Å². The molecule has 2 heterocycles. The van der Waals surface area contributed by atoms with E-state index in [9.17, 15) is 4.79 Å². The average molecular weight is 375 g/mol. The minimum absolute atomic E-state index is 0.197. The highest BCUT2D eigenvalue weighted by Gasteiger charge is 2.17. The van der Waals surface area contributed by atoms with Gasteiger partial charge in [-0.2, -0.15) is 0 Å². The van der Waals surface area contributed by atoms with E-state index in [1.165, 1.54) is 7.11 Å². The number of methoxy groups -OCH3 is 1. The van der Waals surface area contributed by atoms with Crippen molar-refractivity contribution in [2.45, 2.75) is 26.4 Å². The van der Waals surface area contributed by atoms with Crippen LogP contribution in [0.5, 0.6) is 5.75 Å². The summed E-state index contributed by atoms with van der Waals surface area (Å²) in [4.78, 5) is 16.6. The van der Waals surface area contributed by atoms with Crippen LogP contribution in [0.15, 0.2) is 30.6 Å². The van der Waals surface area contributed by atoms with E-state index in [1.807, 2.05) is 13.1 Å². The Morgan fingerprint density at radius 3 is 2.96 bits per heavy atom. The van der Waals surface area contributed by atoms with E-state index >= 15 is 0 Å². The summed E-state index contributed by atoms with van der Waals surface area (Å²) in [5, 5.41) is 14.6. The van der Waals surface area contributed by atoms with Crippen molar-refractivity contribution in [3.05, 3.63) is 47.0 Å². The van der Waals surface area contributed by atoms with Crippen LogP contribution in [0.25, 0.3) is 5.78 Å². The number of hydrogen-bond acceptors (Lipinski definition) is 6. The molecule has 0 aliphatic carbocycles. The van der Waals surface area contributed by atoms with Gasteiger partial charge in [0.15, 0.2) is 5.82 Å². The monoisotopic (exact) mass is 374 g/mol. The molecule has 2 N–H and O–H groups in total. The molecule has 136 valence electrons. The fraction of sp³-hybridized carbons (Fsp3) is 0.294. The van der Waals surface area contributed by atoms with Crippen LogP contribution in [0.3, 0.4) is 0 Å². The first-order chi connectivity index (χ1) is 12.5. The number of anilines is 1. The van der Waals surface area contributed by atoms with Crippen LogP contribution in [-0.2, 0) is 11.3 Å². The Kier molecular flexibility index (Phi) is 5.34. The number of aryl methyl sites for hydroxylation is 1. The van der Waals surface area contributed by atoms with Crippen LogP contribution >= 0.6 is 11.6 Å². The molecule has 0 aliphatic heterocycles. The van der Waals surface area contributed by atoms with Gasteiger partial charge in [0.05, 0.1) is 25.4 Å². The average Bonchev–Trinajstić information content (AvgIpc) is 3.05. The number of hydrogen-bond donors (Lipinski definition) is 2. The van der Waals surface area contributed by atoms with Crippen molar-refractivity contribution in [3.63, 3.8) is 0 Å². The summed E-state index contributed by atoms with van der Waals surface area (Å²) >= 11 is 6.09. The maximum Gasteiger partial charge on any atom is 0.254 e. The molecule has 1 aromatic carbocycles. The van der Waals surface area contributed by atoms with E-state index in [1.54, 1.807) is 35.7 Å². The van der Waals surface area contributed by atoms with Crippen molar-refractivity contribution in [2.75, 3.05) is 12.4 Å². The van der Waals surface area contributed by atoms with E-state index < -0.39 is 6.04 Å². The van der Waals surface area contributed by atoms with E-state index in [0.29, 0.717) is 34.6 Å². The smallest absolute Gasteiger partial charge is 0.254 e. The SMILES string of the molecule is COc1cc(Cl)c(C)cc1NC(=O)C(C)NCc1nnc2ncccn12. The highest BCUT2D eigenvalue weighted by molar-refractivity contribution is 6.31. The lowest BCUT2D eigenvalue weighted by atomic mass is 10.2. The molecule has 8 nitrogen and oxygen atoms in total. The number of amides is 1. The van der Waals surface area contributed by atoms with Crippen LogP contribution in [0.2, 0.25) is 5.02 Å². The third-order valence-corrected chi connectivity index (χ3v) is 4.37. The molecule has 0 spiro atoms. The fourth-order valence-corrected chi connectivity index (χ4v) is 2.57. The molecule has 0 bridgehead atoms. The zero-order valence-electron chi connectivity index (χ0n) is 14.7. The van der Waals surface area contributed by atoms with Gasteiger partial charge in [-0.1, -0.05) is 11.6 Å². The number of carbonyl (C=O) groups is 1. The molecular formula is C17H19ClN6O2. The number of nitrogens with zero attached hydrogens (tertiary/aromatic N) is 4. The molecule has 2 aromatic heterocycles. The standard InChI is InChI=1S/C17H19ClN6O2/c1-10-7-13(14(26-3)8-12(10)18)21-16(25)11(2)20-9-15-22-23-17-19-5-4-6-24(15)17/h4-8,11,20H,9H2,1-3H3,(H,21,25). The van der Waals surface area contributed by atoms with Gasteiger partial charge in [0, 0.05) is 23.5 Å². The Hall–Kier alpha value is -2.71. The molecule has 0 aliphatic rings. The van der Waals surface area contributed by atoms with Crippen molar-refractivity contribution < 1.29 is 9.53 Å². The summed E-state index contributed by atoms with van der Waals surface area (Å²) in [6.45, 7) is 4.01. The lowest BCUT2D eigenvalue weighted by Gasteiger charge is -2.16. The topological polar surface area (TPSA) is 93.4 Å². The summed E-state index contributed by atoms with van der Waals surface area (Å²) < 4.78 is 7.05. The number of ether oxygens (including phenoxy) is 1. The highest BCUT2D eigenvalue weighted by atomic mass is 35.5. The minimum atomic E-state index is -0.459. The Labute approximate surface area is 155 Å². The van der Waals surface area contributed by atoms with Gasteiger partial charge in [0.1, 0.15) is 5.75 Å². The van der Waals surface area contributed by atoms with Gasteiger partial charge in [-0.05, 0) is 31.5 Å². The molecule has 0 fully saturated rings. The van der Waals surface area contributed by atoms with Crippen LogP contribution in [0.4, 0.5) is 5.69 Å². The molecule has 0 radical (unpaired) electrons. The third-order valence-electron chi connectivity index (χ3n) is 3.96. The fourth-order valence-electron chi connectivity index (χ4n) is 2.42. The number of halogens is 1. The number of aromatic nitrogens is 4. The molecule has 0 saturated heterocycles. The Balaban J connectivity index is 1.66. The number of carbonyl (C=O) groups excluding carboxylic acids is 1. The molecule has 26 heavy (non-hydrogen) atoms. The van der Waals surface area contributed by atoms with Crippen LogP contribution in [0, 0.1) is 6.92 Å². The van der Waals surface area contributed by atoms with Crippen molar-refractivity contribution in [1.29, 1.82) is 0 Å². The Bertz CT molecular complexity index is 942. The first kappa shape index (κ1) is 18.1. The van der Waals surface area contributed by atoms with Gasteiger partial charge in [-0.3, -0.25) is 14.5 Å². The first-order valence-electron chi connectivity index (χ1n) is 8.02. The van der Waals surface area contributed by atoms with Gasteiger partial charge < -0.3 is 10.1 Å². The summed E-state index contributed by atoms with van der Waals surface area (Å²) in [7, 11) is 1.53. The minimum Gasteiger partial charge on any atom is -0.495 e. The molecule has 3 rings (SSSR count). The van der Waals surface area contributed by atoms with Gasteiger partial charge in [-0.15, -0.1) is 10.2 Å². The van der Waals surface area contributed by atoms with Gasteiger partial charge in [-0.25, -0.2) is 4.98 Å². The molecule has 1 atom stereocenters. The summed E-state index contributed by atoms with van der Waals surface area (Å²) in [6.07, 6.45) is 3.48. The largest absolute Gasteiger partial charge is 0.495 e.